The fraction of sp³-hybridized carbons (Fsp3) is 0. The molecule has 1 aliphatic heterocycles. The summed E-state index contributed by atoms with van der Waals surface area (Å²) >= 11 is 0. The molecule has 3 heterocycles. The molecule has 1 aliphatic rings. The van der Waals surface area contributed by atoms with Gasteiger partial charge in [0.2, 0.25) is 0 Å². The van der Waals surface area contributed by atoms with Crippen LogP contribution in [-0.4, -0.2) is 37.4 Å². The molecule has 0 saturated heterocycles. The van der Waals surface area contributed by atoms with Gasteiger partial charge in [-0.3, -0.25) is 9.59 Å². The molecule has 8 nitrogen and oxygen atoms in total. The molecule has 0 atom stereocenters. The molecule has 0 saturated carbocycles. The summed E-state index contributed by atoms with van der Waals surface area (Å²) in [7, 11) is 0. The van der Waals surface area contributed by atoms with Gasteiger partial charge in [-0.15, -0.1) is 0 Å². The second-order valence-corrected chi connectivity index (χ2v) is 6.32. The van der Waals surface area contributed by atoms with E-state index < -0.39 is 17.8 Å². The van der Waals surface area contributed by atoms with Crippen molar-refractivity contribution in [2.45, 2.75) is 0 Å². The van der Waals surface area contributed by atoms with Crippen molar-refractivity contribution in [3.8, 4) is 11.3 Å². The topological polar surface area (TPSA) is 93.9 Å². The number of aromatic nitrogens is 3. The van der Waals surface area contributed by atoms with Crippen molar-refractivity contribution in [1.29, 1.82) is 0 Å². The van der Waals surface area contributed by atoms with E-state index in [-0.39, 0.29) is 22.3 Å². The van der Waals surface area contributed by atoms with Crippen molar-refractivity contribution in [3.05, 3.63) is 89.7 Å². The van der Waals surface area contributed by atoms with Gasteiger partial charge in [0.25, 0.3) is 11.8 Å². The molecule has 2 aromatic carbocycles. The van der Waals surface area contributed by atoms with E-state index in [2.05, 4.69) is 10.1 Å². The van der Waals surface area contributed by atoms with Crippen LogP contribution in [0.3, 0.4) is 0 Å². The third-order valence-corrected chi connectivity index (χ3v) is 4.62. The van der Waals surface area contributed by atoms with Gasteiger partial charge in [0.15, 0.2) is 5.65 Å². The van der Waals surface area contributed by atoms with E-state index in [1.54, 1.807) is 24.4 Å². The monoisotopic (exact) mass is 384 g/mol. The van der Waals surface area contributed by atoms with Crippen LogP contribution in [0.4, 0.5) is 0 Å². The van der Waals surface area contributed by atoms with Crippen LogP contribution in [0.5, 0.6) is 0 Å². The standard InChI is InChI=1S/C21H12N4O4/c26-19-14-8-4-5-9-15(14)20(27)25(19)29-21(28)16-12-23-24-17(10-11-22-18(16)24)13-6-2-1-3-7-13/h1-12H. The summed E-state index contributed by atoms with van der Waals surface area (Å²) in [6.07, 6.45) is 2.85. The Morgan fingerprint density at radius 2 is 1.52 bits per heavy atom. The number of hydroxylamine groups is 2. The third kappa shape index (κ3) is 2.58. The van der Waals surface area contributed by atoms with Gasteiger partial charge in [0.05, 0.1) is 23.0 Å². The zero-order valence-corrected chi connectivity index (χ0v) is 14.9. The minimum Gasteiger partial charge on any atom is -0.324 e. The number of benzene rings is 2. The van der Waals surface area contributed by atoms with E-state index in [0.29, 0.717) is 5.06 Å². The highest BCUT2D eigenvalue weighted by Gasteiger charge is 2.39. The first kappa shape index (κ1) is 16.8. The number of nitrogens with zero attached hydrogens (tertiary/aromatic N) is 4. The molecule has 0 spiro atoms. The van der Waals surface area contributed by atoms with Gasteiger partial charge in [-0.2, -0.15) is 5.10 Å². The Balaban J connectivity index is 1.49. The number of hydrogen-bond acceptors (Lipinski definition) is 6. The highest BCUT2D eigenvalue weighted by Crippen LogP contribution is 2.25. The van der Waals surface area contributed by atoms with Gasteiger partial charge in [-0.1, -0.05) is 47.5 Å². The maximum absolute atomic E-state index is 12.7. The van der Waals surface area contributed by atoms with Crippen molar-refractivity contribution in [2.24, 2.45) is 0 Å². The molecule has 29 heavy (non-hydrogen) atoms. The molecule has 0 radical (unpaired) electrons. The average molecular weight is 384 g/mol. The van der Waals surface area contributed by atoms with Crippen molar-refractivity contribution in [3.63, 3.8) is 0 Å². The number of amides is 2. The van der Waals surface area contributed by atoms with E-state index in [1.807, 2.05) is 30.3 Å². The molecule has 0 bridgehead atoms. The van der Waals surface area contributed by atoms with Crippen LogP contribution in [0.2, 0.25) is 0 Å². The zero-order valence-electron chi connectivity index (χ0n) is 14.9. The second-order valence-electron chi connectivity index (χ2n) is 6.32. The maximum Gasteiger partial charge on any atom is 0.369 e. The molecule has 0 unspecified atom stereocenters. The van der Waals surface area contributed by atoms with Crippen molar-refractivity contribution < 1.29 is 19.2 Å². The lowest BCUT2D eigenvalue weighted by atomic mass is 10.1. The van der Waals surface area contributed by atoms with Crippen LogP contribution >= 0.6 is 0 Å². The summed E-state index contributed by atoms with van der Waals surface area (Å²) in [5, 5.41) is 4.70. The lowest BCUT2D eigenvalue weighted by molar-refractivity contribution is -0.0583. The second kappa shape index (κ2) is 6.38. The fourth-order valence-corrected chi connectivity index (χ4v) is 3.25. The molecular weight excluding hydrogens is 372 g/mol. The number of carbonyl (C=O) groups excluding carboxylic acids is 3. The summed E-state index contributed by atoms with van der Waals surface area (Å²) in [5.74, 6) is -2.27. The SMILES string of the molecule is O=C(ON1C(=O)c2ccccc2C1=O)c1cnn2c(-c3ccccc3)ccnc12. The normalized spacial score (nSPS) is 13.0. The van der Waals surface area contributed by atoms with Crippen LogP contribution in [0.1, 0.15) is 31.1 Å². The Hall–Kier alpha value is -4.33. The largest absolute Gasteiger partial charge is 0.369 e. The Morgan fingerprint density at radius 3 is 2.21 bits per heavy atom. The number of carbonyl (C=O) groups is 3. The molecule has 0 aliphatic carbocycles. The molecule has 2 amide bonds. The van der Waals surface area contributed by atoms with Gasteiger partial charge < -0.3 is 4.84 Å². The zero-order chi connectivity index (χ0) is 20.0. The highest BCUT2D eigenvalue weighted by molar-refractivity contribution is 6.21. The Kier molecular flexibility index (Phi) is 3.70. The Labute approximate surface area is 163 Å². The summed E-state index contributed by atoms with van der Waals surface area (Å²) in [4.78, 5) is 46.8. The van der Waals surface area contributed by atoms with Gasteiger partial charge >= 0.3 is 5.97 Å². The first-order chi connectivity index (χ1) is 14.1. The van der Waals surface area contributed by atoms with Crippen LogP contribution in [0.15, 0.2) is 73.1 Å². The molecule has 8 heteroatoms. The molecule has 4 aromatic rings. The smallest absolute Gasteiger partial charge is 0.324 e. The lowest BCUT2D eigenvalue weighted by Gasteiger charge is -2.12. The van der Waals surface area contributed by atoms with Gasteiger partial charge in [0, 0.05) is 11.8 Å². The predicted molar refractivity (Wildman–Crippen MR) is 101 cm³/mol. The van der Waals surface area contributed by atoms with E-state index >= 15 is 0 Å². The summed E-state index contributed by atoms with van der Waals surface area (Å²) in [5.41, 5.74) is 2.30. The first-order valence-corrected chi connectivity index (χ1v) is 8.73. The molecule has 5 rings (SSSR count). The van der Waals surface area contributed by atoms with Gasteiger partial charge in [0.1, 0.15) is 5.56 Å². The van der Waals surface area contributed by atoms with Crippen molar-refractivity contribution in [1.82, 2.24) is 19.7 Å². The van der Waals surface area contributed by atoms with Gasteiger partial charge in [-0.05, 0) is 18.2 Å². The van der Waals surface area contributed by atoms with E-state index in [4.69, 9.17) is 4.84 Å². The van der Waals surface area contributed by atoms with E-state index in [9.17, 15) is 14.4 Å². The lowest BCUT2D eigenvalue weighted by Crippen LogP contribution is -2.32. The summed E-state index contributed by atoms with van der Waals surface area (Å²) in [6.45, 7) is 0. The molecule has 0 fully saturated rings. The maximum atomic E-state index is 12.7. The number of imide groups is 1. The van der Waals surface area contributed by atoms with E-state index in [0.717, 1.165) is 11.3 Å². The summed E-state index contributed by atoms with van der Waals surface area (Å²) < 4.78 is 1.51. The first-order valence-electron chi connectivity index (χ1n) is 8.73. The summed E-state index contributed by atoms with van der Waals surface area (Å²) in [6, 6.07) is 17.6. The van der Waals surface area contributed by atoms with Crippen LogP contribution in [0, 0.1) is 0 Å². The number of rotatable bonds is 3. The van der Waals surface area contributed by atoms with Gasteiger partial charge in [-0.25, -0.2) is 14.3 Å². The Morgan fingerprint density at radius 1 is 0.862 bits per heavy atom. The average Bonchev–Trinajstić information content (AvgIpc) is 3.30. The number of fused-ring (bicyclic) bond motifs is 2. The van der Waals surface area contributed by atoms with Crippen LogP contribution < -0.4 is 0 Å². The fourth-order valence-electron chi connectivity index (χ4n) is 3.25. The van der Waals surface area contributed by atoms with Crippen LogP contribution in [0.25, 0.3) is 16.9 Å². The van der Waals surface area contributed by atoms with Crippen LogP contribution in [-0.2, 0) is 4.84 Å². The predicted octanol–water partition coefficient (Wildman–Crippen LogP) is 2.76. The molecule has 2 aromatic heterocycles. The molecule has 0 N–H and O–H groups in total. The molecular formula is C21H12N4O4. The quantitative estimate of drug-likeness (QED) is 0.504. The Bertz CT molecular complexity index is 1260. The third-order valence-electron chi connectivity index (χ3n) is 4.62. The van der Waals surface area contributed by atoms with Crippen molar-refractivity contribution >= 4 is 23.4 Å². The molecule has 140 valence electrons. The highest BCUT2D eigenvalue weighted by atomic mass is 16.7. The minimum atomic E-state index is -0.896. The minimum absolute atomic E-state index is 0.0411. The van der Waals surface area contributed by atoms with Crippen molar-refractivity contribution in [2.75, 3.05) is 0 Å². The van der Waals surface area contributed by atoms with E-state index in [1.165, 1.54) is 22.8 Å². The number of hydrogen-bond donors (Lipinski definition) is 0.